The summed E-state index contributed by atoms with van der Waals surface area (Å²) >= 11 is 0. The van der Waals surface area contributed by atoms with Crippen molar-refractivity contribution in [2.45, 2.75) is 0 Å². The summed E-state index contributed by atoms with van der Waals surface area (Å²) in [5.41, 5.74) is 9.21. The van der Waals surface area contributed by atoms with Gasteiger partial charge in [0.25, 0.3) is 0 Å². The van der Waals surface area contributed by atoms with Gasteiger partial charge in [0, 0.05) is 45.4 Å². The quantitative estimate of drug-likeness (QED) is 0.210. The van der Waals surface area contributed by atoms with Gasteiger partial charge in [0.1, 0.15) is 11.2 Å². The van der Waals surface area contributed by atoms with Crippen LogP contribution in [0, 0.1) is 0 Å². The first kappa shape index (κ1) is 24.3. The molecule has 5 nitrogen and oxygen atoms in total. The molecule has 0 atom stereocenters. The Morgan fingerprint density at radius 1 is 0.422 bits per heavy atom. The van der Waals surface area contributed by atoms with Gasteiger partial charge in [-0.05, 0) is 68.6 Å². The lowest BCUT2D eigenvalue weighted by molar-refractivity contribution is 0.669. The third kappa shape index (κ3) is 3.55. The van der Waals surface area contributed by atoms with Gasteiger partial charge < -0.3 is 4.42 Å². The summed E-state index contributed by atoms with van der Waals surface area (Å²) in [6, 6.07) is 41.8. The SMILES string of the molecule is c1ccc2cc(-c3nc(-c4ccc5c6c(cccc46)-c4cnccc4-5)nc(-c4cccc5oc6ccccc6c45)n3)ccc2c1. The second kappa shape index (κ2) is 9.15. The van der Waals surface area contributed by atoms with E-state index < -0.39 is 0 Å². The first-order chi connectivity index (χ1) is 22.3. The van der Waals surface area contributed by atoms with Crippen molar-refractivity contribution >= 4 is 43.5 Å². The summed E-state index contributed by atoms with van der Waals surface area (Å²) in [6.45, 7) is 0. The second-order valence-electron chi connectivity index (χ2n) is 11.5. The molecule has 1 aliphatic carbocycles. The van der Waals surface area contributed by atoms with Crippen molar-refractivity contribution < 1.29 is 4.42 Å². The minimum Gasteiger partial charge on any atom is -0.456 e. The van der Waals surface area contributed by atoms with Crippen molar-refractivity contribution in [2.24, 2.45) is 0 Å². The lowest BCUT2D eigenvalue weighted by Crippen LogP contribution is -2.01. The molecule has 0 saturated carbocycles. The smallest absolute Gasteiger partial charge is 0.164 e. The number of fused-ring (bicyclic) bond motifs is 7. The molecule has 208 valence electrons. The van der Waals surface area contributed by atoms with Crippen molar-refractivity contribution in [1.82, 2.24) is 19.9 Å². The van der Waals surface area contributed by atoms with Crippen molar-refractivity contribution in [3.8, 4) is 56.4 Å². The maximum absolute atomic E-state index is 6.24. The zero-order valence-corrected chi connectivity index (χ0v) is 23.9. The molecule has 0 spiro atoms. The molecule has 3 heterocycles. The van der Waals surface area contributed by atoms with Crippen LogP contribution in [0.1, 0.15) is 0 Å². The lowest BCUT2D eigenvalue weighted by Gasteiger charge is -2.12. The van der Waals surface area contributed by atoms with Crippen LogP contribution in [0.25, 0.3) is 99.9 Å². The monoisotopic (exact) mass is 574 g/mol. The summed E-state index contributed by atoms with van der Waals surface area (Å²) in [6.07, 6.45) is 3.82. The summed E-state index contributed by atoms with van der Waals surface area (Å²) in [4.78, 5) is 19.9. The number of hydrogen-bond donors (Lipinski definition) is 0. The van der Waals surface area contributed by atoms with E-state index in [1.54, 1.807) is 0 Å². The van der Waals surface area contributed by atoms with Crippen LogP contribution in [0.3, 0.4) is 0 Å². The highest BCUT2D eigenvalue weighted by Crippen LogP contribution is 2.48. The molecule has 0 radical (unpaired) electrons. The Kier molecular flexibility index (Phi) is 4.93. The molecule has 1 aliphatic rings. The maximum Gasteiger partial charge on any atom is 0.164 e. The molecule has 9 aromatic rings. The van der Waals surface area contributed by atoms with Crippen LogP contribution < -0.4 is 0 Å². The molecule has 5 heteroatoms. The fraction of sp³-hybridized carbons (Fsp3) is 0. The molecule has 3 aromatic heterocycles. The maximum atomic E-state index is 6.24. The normalized spacial score (nSPS) is 12.0. The Morgan fingerprint density at radius 3 is 2.09 bits per heavy atom. The van der Waals surface area contributed by atoms with Crippen molar-refractivity contribution in [3.63, 3.8) is 0 Å². The largest absolute Gasteiger partial charge is 0.456 e. The minimum absolute atomic E-state index is 0.607. The predicted molar refractivity (Wildman–Crippen MR) is 181 cm³/mol. The van der Waals surface area contributed by atoms with Gasteiger partial charge in [0.05, 0.1) is 0 Å². The third-order valence-corrected chi connectivity index (χ3v) is 8.97. The van der Waals surface area contributed by atoms with Crippen LogP contribution >= 0.6 is 0 Å². The number of hydrogen-bond acceptors (Lipinski definition) is 5. The highest BCUT2D eigenvalue weighted by atomic mass is 16.3. The first-order valence-electron chi connectivity index (χ1n) is 15.0. The third-order valence-electron chi connectivity index (χ3n) is 8.97. The fourth-order valence-corrected chi connectivity index (χ4v) is 6.93. The van der Waals surface area contributed by atoms with E-state index in [1.165, 1.54) is 27.5 Å². The highest BCUT2D eigenvalue weighted by molar-refractivity contribution is 6.18. The molecule has 0 amide bonds. The molecule has 0 N–H and O–H groups in total. The van der Waals surface area contributed by atoms with Crippen LogP contribution in [0.15, 0.2) is 138 Å². The predicted octanol–water partition coefficient (Wildman–Crippen LogP) is 10.1. The first-order valence-corrected chi connectivity index (χ1v) is 15.0. The Labute approximate surface area is 257 Å². The number of para-hydroxylation sites is 1. The zero-order chi connectivity index (χ0) is 29.5. The van der Waals surface area contributed by atoms with E-state index in [0.717, 1.165) is 55.0 Å². The summed E-state index contributed by atoms with van der Waals surface area (Å²) in [5.74, 6) is 1.86. The van der Waals surface area contributed by atoms with Gasteiger partial charge >= 0.3 is 0 Å². The van der Waals surface area contributed by atoms with E-state index in [4.69, 9.17) is 19.4 Å². The standard InChI is InChI=1S/C40H22N4O/c1-2-8-24-21-25(16-15-23(24)7-1)38-42-39(30-18-17-29-26-19-20-41-22-33(26)28-11-5-10-27(30)36(28)29)44-40(43-38)32-12-6-14-35-37(32)31-9-3-4-13-34(31)45-35/h1-22H. The Morgan fingerprint density at radius 2 is 1.13 bits per heavy atom. The number of rotatable bonds is 3. The fourth-order valence-electron chi connectivity index (χ4n) is 6.93. The number of benzene rings is 6. The van der Waals surface area contributed by atoms with Crippen LogP contribution in [-0.4, -0.2) is 19.9 Å². The molecule has 45 heavy (non-hydrogen) atoms. The molecule has 10 rings (SSSR count). The highest BCUT2D eigenvalue weighted by Gasteiger charge is 2.24. The van der Waals surface area contributed by atoms with Crippen LogP contribution in [0.5, 0.6) is 0 Å². The van der Waals surface area contributed by atoms with Gasteiger partial charge in [-0.1, -0.05) is 91.0 Å². The number of aromatic nitrogens is 4. The molecule has 0 saturated heterocycles. The lowest BCUT2D eigenvalue weighted by atomic mass is 9.98. The van der Waals surface area contributed by atoms with E-state index in [1.807, 2.05) is 42.7 Å². The van der Waals surface area contributed by atoms with Gasteiger partial charge in [-0.15, -0.1) is 0 Å². The Bertz CT molecular complexity index is 2640. The minimum atomic E-state index is 0.607. The summed E-state index contributed by atoms with van der Waals surface area (Å²) in [7, 11) is 0. The number of furan rings is 1. The van der Waals surface area contributed by atoms with E-state index in [9.17, 15) is 0 Å². The van der Waals surface area contributed by atoms with Gasteiger partial charge in [-0.3, -0.25) is 4.98 Å². The van der Waals surface area contributed by atoms with Gasteiger partial charge in [-0.2, -0.15) is 0 Å². The van der Waals surface area contributed by atoms with E-state index in [2.05, 4.69) is 96.0 Å². The van der Waals surface area contributed by atoms with Crippen LogP contribution in [0.2, 0.25) is 0 Å². The molecular formula is C40H22N4O. The molecule has 0 bridgehead atoms. The topological polar surface area (TPSA) is 64.7 Å². The second-order valence-corrected chi connectivity index (χ2v) is 11.5. The zero-order valence-electron chi connectivity index (χ0n) is 23.9. The number of pyridine rings is 1. The van der Waals surface area contributed by atoms with Crippen LogP contribution in [0.4, 0.5) is 0 Å². The molecule has 0 unspecified atom stereocenters. The van der Waals surface area contributed by atoms with Crippen LogP contribution in [-0.2, 0) is 0 Å². The van der Waals surface area contributed by atoms with Gasteiger partial charge in [0.15, 0.2) is 17.5 Å². The average molecular weight is 575 g/mol. The molecular weight excluding hydrogens is 552 g/mol. The Balaban J connectivity index is 1.27. The van der Waals surface area contributed by atoms with E-state index >= 15 is 0 Å². The average Bonchev–Trinajstić information content (AvgIpc) is 3.65. The van der Waals surface area contributed by atoms with Gasteiger partial charge in [0.2, 0.25) is 0 Å². The summed E-state index contributed by atoms with van der Waals surface area (Å²) < 4.78 is 6.24. The summed E-state index contributed by atoms with van der Waals surface area (Å²) in [5, 5.41) is 6.65. The Hall–Kier alpha value is -6.20. The van der Waals surface area contributed by atoms with E-state index in [-0.39, 0.29) is 0 Å². The molecule has 6 aromatic carbocycles. The van der Waals surface area contributed by atoms with Gasteiger partial charge in [-0.25, -0.2) is 15.0 Å². The van der Waals surface area contributed by atoms with Crippen molar-refractivity contribution in [2.75, 3.05) is 0 Å². The van der Waals surface area contributed by atoms with E-state index in [0.29, 0.717) is 17.5 Å². The van der Waals surface area contributed by atoms with Crippen molar-refractivity contribution in [1.29, 1.82) is 0 Å². The number of nitrogens with zero attached hydrogens (tertiary/aromatic N) is 4. The van der Waals surface area contributed by atoms with Crippen molar-refractivity contribution in [3.05, 3.63) is 134 Å². The molecule has 0 fully saturated rings. The molecule has 0 aliphatic heterocycles.